The second-order valence-electron chi connectivity index (χ2n) is 3.68. The highest BCUT2D eigenvalue weighted by Crippen LogP contribution is 2.18. The van der Waals surface area contributed by atoms with Crippen LogP contribution in [-0.4, -0.2) is 19.3 Å². The van der Waals surface area contributed by atoms with Crippen LogP contribution < -0.4 is 5.32 Å². The van der Waals surface area contributed by atoms with Gasteiger partial charge >= 0.3 is 0 Å². The first-order valence-corrected chi connectivity index (χ1v) is 5.23. The van der Waals surface area contributed by atoms with Crippen LogP contribution in [0.1, 0.15) is 18.5 Å². The first kappa shape index (κ1) is 9.97. The Bertz CT molecular complexity index is 312. The Hall–Kier alpha value is -0.570. The Balaban J connectivity index is 1.98. The van der Waals surface area contributed by atoms with E-state index in [1.54, 1.807) is 0 Å². The zero-order valence-electron chi connectivity index (χ0n) is 8.16. The molecule has 1 saturated heterocycles. The molecule has 0 aliphatic carbocycles. The second-order valence-corrected chi connectivity index (χ2v) is 4.11. The highest BCUT2D eigenvalue weighted by atomic mass is 35.5. The average molecular weight is 212 g/mol. The number of rotatable bonds is 3. The zero-order chi connectivity index (χ0) is 9.97. The van der Waals surface area contributed by atoms with Crippen LogP contribution >= 0.6 is 11.6 Å². The maximum atomic E-state index is 5.92. The van der Waals surface area contributed by atoms with Gasteiger partial charge in [0.1, 0.15) is 0 Å². The van der Waals surface area contributed by atoms with E-state index in [9.17, 15) is 0 Å². The Morgan fingerprint density at radius 2 is 2.29 bits per heavy atom. The van der Waals surface area contributed by atoms with Gasteiger partial charge in [0.2, 0.25) is 0 Å². The Labute approximate surface area is 89.2 Å². The summed E-state index contributed by atoms with van der Waals surface area (Å²) in [7, 11) is 0. The first-order chi connectivity index (χ1) is 6.75. The van der Waals surface area contributed by atoms with Gasteiger partial charge in [-0.2, -0.15) is 0 Å². The van der Waals surface area contributed by atoms with Gasteiger partial charge in [0, 0.05) is 11.1 Å². The molecule has 0 amide bonds. The van der Waals surface area contributed by atoms with E-state index < -0.39 is 0 Å². The molecule has 0 radical (unpaired) electrons. The number of nitrogens with one attached hydrogen (secondary N) is 1. The molecular weight excluding hydrogens is 198 g/mol. The van der Waals surface area contributed by atoms with E-state index in [4.69, 9.17) is 16.3 Å². The van der Waals surface area contributed by atoms with E-state index in [2.05, 4.69) is 18.3 Å². The van der Waals surface area contributed by atoms with Crippen LogP contribution in [0.4, 0.5) is 0 Å². The number of ether oxygens (including phenoxy) is 1. The fraction of sp³-hybridized carbons (Fsp3) is 0.455. The maximum Gasteiger partial charge on any atom is 0.0643 e. The first-order valence-electron chi connectivity index (χ1n) is 4.85. The van der Waals surface area contributed by atoms with E-state index >= 15 is 0 Å². The minimum absolute atomic E-state index is 0.336. The van der Waals surface area contributed by atoms with Gasteiger partial charge in [-0.05, 0) is 24.6 Å². The Morgan fingerprint density at radius 1 is 1.50 bits per heavy atom. The van der Waals surface area contributed by atoms with Crippen LogP contribution in [0.2, 0.25) is 5.02 Å². The van der Waals surface area contributed by atoms with Crippen molar-refractivity contribution >= 4 is 11.6 Å². The molecule has 2 nitrogen and oxygen atoms in total. The van der Waals surface area contributed by atoms with Crippen LogP contribution in [0, 0.1) is 0 Å². The van der Waals surface area contributed by atoms with Gasteiger partial charge in [-0.25, -0.2) is 0 Å². The molecule has 1 atom stereocenters. The average Bonchev–Trinajstić information content (AvgIpc) is 2.11. The van der Waals surface area contributed by atoms with Gasteiger partial charge in [0.15, 0.2) is 0 Å². The molecule has 1 aromatic rings. The van der Waals surface area contributed by atoms with Crippen molar-refractivity contribution in [3.8, 4) is 0 Å². The van der Waals surface area contributed by atoms with Crippen molar-refractivity contribution in [1.82, 2.24) is 5.32 Å². The van der Waals surface area contributed by atoms with Crippen LogP contribution in [0.15, 0.2) is 24.3 Å². The number of benzene rings is 1. The van der Waals surface area contributed by atoms with Crippen LogP contribution in [0.5, 0.6) is 0 Å². The third kappa shape index (κ3) is 2.27. The van der Waals surface area contributed by atoms with Gasteiger partial charge in [0.05, 0.1) is 19.3 Å². The summed E-state index contributed by atoms with van der Waals surface area (Å²) in [5.41, 5.74) is 1.23. The molecule has 2 rings (SSSR count). The summed E-state index contributed by atoms with van der Waals surface area (Å²) >= 11 is 5.92. The van der Waals surface area contributed by atoms with Crippen molar-refractivity contribution in [2.45, 2.75) is 19.0 Å². The fourth-order valence-corrected chi connectivity index (χ4v) is 1.76. The Morgan fingerprint density at radius 3 is 2.86 bits per heavy atom. The second kappa shape index (κ2) is 4.30. The van der Waals surface area contributed by atoms with Crippen LogP contribution in [0.3, 0.4) is 0 Å². The van der Waals surface area contributed by atoms with E-state index in [1.807, 2.05) is 18.2 Å². The third-order valence-corrected chi connectivity index (χ3v) is 2.71. The minimum Gasteiger partial charge on any atom is -0.378 e. The summed E-state index contributed by atoms with van der Waals surface area (Å²) in [5, 5.41) is 4.27. The van der Waals surface area contributed by atoms with Crippen molar-refractivity contribution in [1.29, 1.82) is 0 Å². The highest BCUT2D eigenvalue weighted by Gasteiger charge is 2.20. The number of halogens is 1. The molecule has 1 fully saturated rings. The lowest BCUT2D eigenvalue weighted by Gasteiger charge is -2.30. The van der Waals surface area contributed by atoms with Crippen LogP contribution in [0.25, 0.3) is 0 Å². The SMILES string of the molecule is C[C@@H](NC1COC1)c1cccc(Cl)c1. The predicted molar refractivity (Wildman–Crippen MR) is 57.6 cm³/mol. The molecule has 0 spiro atoms. The molecule has 1 N–H and O–H groups in total. The predicted octanol–water partition coefficient (Wildman–Crippen LogP) is 2.39. The molecule has 3 heteroatoms. The summed E-state index contributed by atoms with van der Waals surface area (Å²) in [6.45, 7) is 3.79. The topological polar surface area (TPSA) is 21.3 Å². The van der Waals surface area contributed by atoms with Crippen molar-refractivity contribution in [3.63, 3.8) is 0 Å². The van der Waals surface area contributed by atoms with Gasteiger partial charge < -0.3 is 10.1 Å². The van der Waals surface area contributed by atoms with Gasteiger partial charge in [-0.1, -0.05) is 23.7 Å². The smallest absolute Gasteiger partial charge is 0.0643 e. The quantitative estimate of drug-likeness (QED) is 0.829. The van der Waals surface area contributed by atoms with E-state index in [1.165, 1.54) is 5.56 Å². The molecule has 1 aliphatic rings. The summed E-state index contributed by atoms with van der Waals surface area (Å²) in [4.78, 5) is 0. The molecule has 0 saturated carbocycles. The van der Waals surface area contributed by atoms with Gasteiger partial charge in [0.25, 0.3) is 0 Å². The summed E-state index contributed by atoms with van der Waals surface area (Å²) in [6.07, 6.45) is 0. The normalized spacial score (nSPS) is 19.0. The lowest BCUT2D eigenvalue weighted by atomic mass is 10.1. The van der Waals surface area contributed by atoms with Crippen molar-refractivity contribution in [2.24, 2.45) is 0 Å². The van der Waals surface area contributed by atoms with Crippen molar-refractivity contribution in [2.75, 3.05) is 13.2 Å². The van der Waals surface area contributed by atoms with Crippen molar-refractivity contribution in [3.05, 3.63) is 34.9 Å². The largest absolute Gasteiger partial charge is 0.378 e. The van der Waals surface area contributed by atoms with Gasteiger partial charge in [-0.3, -0.25) is 0 Å². The molecule has 14 heavy (non-hydrogen) atoms. The molecule has 0 unspecified atom stereocenters. The molecule has 76 valence electrons. The Kier molecular flexibility index (Phi) is 3.06. The zero-order valence-corrected chi connectivity index (χ0v) is 8.92. The molecule has 0 aromatic heterocycles. The molecule has 0 bridgehead atoms. The maximum absolute atomic E-state index is 5.92. The molecule has 1 heterocycles. The van der Waals surface area contributed by atoms with E-state index in [-0.39, 0.29) is 0 Å². The highest BCUT2D eigenvalue weighted by molar-refractivity contribution is 6.30. The summed E-state index contributed by atoms with van der Waals surface area (Å²) in [6, 6.07) is 8.80. The number of hydrogen-bond acceptors (Lipinski definition) is 2. The van der Waals surface area contributed by atoms with E-state index in [0.29, 0.717) is 12.1 Å². The van der Waals surface area contributed by atoms with Crippen molar-refractivity contribution < 1.29 is 4.74 Å². The molecule has 1 aliphatic heterocycles. The fourth-order valence-electron chi connectivity index (χ4n) is 1.56. The van der Waals surface area contributed by atoms with Gasteiger partial charge in [-0.15, -0.1) is 0 Å². The monoisotopic (exact) mass is 211 g/mol. The van der Waals surface area contributed by atoms with E-state index in [0.717, 1.165) is 18.2 Å². The summed E-state index contributed by atoms with van der Waals surface area (Å²) in [5.74, 6) is 0. The lowest BCUT2D eigenvalue weighted by molar-refractivity contribution is -0.00925. The minimum atomic E-state index is 0.336. The number of hydrogen-bond donors (Lipinski definition) is 1. The lowest BCUT2D eigenvalue weighted by Crippen LogP contribution is -2.46. The third-order valence-electron chi connectivity index (χ3n) is 2.47. The van der Waals surface area contributed by atoms with Crippen LogP contribution in [-0.2, 0) is 4.74 Å². The molecule has 1 aromatic carbocycles. The summed E-state index contributed by atoms with van der Waals surface area (Å²) < 4.78 is 5.11. The standard InChI is InChI=1S/C11H14ClNO/c1-8(13-11-6-14-7-11)9-3-2-4-10(12)5-9/h2-5,8,11,13H,6-7H2,1H3/t8-/m1/s1. The molecular formula is C11H14ClNO.